The first-order chi connectivity index (χ1) is 8.22. The van der Waals surface area contributed by atoms with Gasteiger partial charge in [0, 0.05) is 18.8 Å². The van der Waals surface area contributed by atoms with Gasteiger partial charge < -0.3 is 4.90 Å². The minimum atomic E-state index is 0.607. The van der Waals surface area contributed by atoms with Crippen LogP contribution in [0, 0.1) is 17.2 Å². The average molecular weight is 229 g/mol. The molecule has 1 aliphatic rings. The molecule has 0 atom stereocenters. The maximum atomic E-state index is 9.13. The fourth-order valence-corrected chi connectivity index (χ4v) is 1.96. The van der Waals surface area contributed by atoms with Crippen molar-refractivity contribution < 1.29 is 0 Å². The monoisotopic (exact) mass is 229 g/mol. The van der Waals surface area contributed by atoms with E-state index >= 15 is 0 Å². The summed E-state index contributed by atoms with van der Waals surface area (Å²) in [6.45, 7) is 5.47. The standard InChI is InChI=1S/C14H19N3/c1-11(2)7-9-17(13-5-6-13)14-12(10-15)4-3-8-16-14/h3-4,8,11,13H,5-7,9H2,1-2H3. The lowest BCUT2D eigenvalue weighted by Crippen LogP contribution is -2.29. The highest BCUT2D eigenvalue weighted by molar-refractivity contribution is 5.54. The van der Waals surface area contributed by atoms with Crippen LogP contribution in [0.1, 0.15) is 38.7 Å². The van der Waals surface area contributed by atoms with Gasteiger partial charge in [0.1, 0.15) is 11.9 Å². The molecule has 0 saturated heterocycles. The third-order valence-electron chi connectivity index (χ3n) is 3.11. The summed E-state index contributed by atoms with van der Waals surface area (Å²) in [7, 11) is 0. The van der Waals surface area contributed by atoms with Crippen LogP contribution in [0.25, 0.3) is 0 Å². The number of hydrogen-bond donors (Lipinski definition) is 0. The molecule has 90 valence electrons. The zero-order chi connectivity index (χ0) is 12.3. The van der Waals surface area contributed by atoms with Crippen LogP contribution < -0.4 is 4.90 Å². The van der Waals surface area contributed by atoms with E-state index in [1.807, 2.05) is 12.1 Å². The second-order valence-electron chi connectivity index (χ2n) is 5.09. The van der Waals surface area contributed by atoms with E-state index in [2.05, 4.69) is 29.8 Å². The highest BCUT2D eigenvalue weighted by atomic mass is 15.2. The molecule has 2 rings (SSSR count). The largest absolute Gasteiger partial charge is 0.353 e. The van der Waals surface area contributed by atoms with E-state index in [9.17, 15) is 0 Å². The molecule has 3 nitrogen and oxygen atoms in total. The van der Waals surface area contributed by atoms with E-state index in [1.54, 1.807) is 6.20 Å². The van der Waals surface area contributed by atoms with Gasteiger partial charge in [0.25, 0.3) is 0 Å². The van der Waals surface area contributed by atoms with Gasteiger partial charge in [-0.15, -0.1) is 0 Å². The SMILES string of the molecule is CC(C)CCN(c1ncccc1C#N)C1CC1. The maximum Gasteiger partial charge on any atom is 0.146 e. The summed E-state index contributed by atoms with van der Waals surface area (Å²) in [4.78, 5) is 6.71. The molecule has 1 fully saturated rings. The molecule has 1 aromatic rings. The van der Waals surface area contributed by atoms with Crippen LogP contribution in [0.3, 0.4) is 0 Å². The van der Waals surface area contributed by atoms with Crippen LogP contribution in [0.2, 0.25) is 0 Å². The second-order valence-corrected chi connectivity index (χ2v) is 5.09. The van der Waals surface area contributed by atoms with Crippen LogP contribution >= 0.6 is 0 Å². The van der Waals surface area contributed by atoms with Crippen molar-refractivity contribution in [1.82, 2.24) is 4.98 Å². The van der Waals surface area contributed by atoms with Crippen molar-refractivity contribution >= 4 is 5.82 Å². The third kappa shape index (κ3) is 2.97. The molecule has 1 aliphatic carbocycles. The Balaban J connectivity index is 2.17. The van der Waals surface area contributed by atoms with E-state index in [0.29, 0.717) is 17.5 Å². The number of hydrogen-bond acceptors (Lipinski definition) is 3. The van der Waals surface area contributed by atoms with Crippen molar-refractivity contribution in [2.45, 2.75) is 39.2 Å². The van der Waals surface area contributed by atoms with E-state index in [-0.39, 0.29) is 0 Å². The summed E-state index contributed by atoms with van der Waals surface area (Å²) in [5.41, 5.74) is 0.697. The summed E-state index contributed by atoms with van der Waals surface area (Å²) in [6.07, 6.45) is 5.40. The predicted octanol–water partition coefficient (Wildman–Crippen LogP) is 2.97. The Hall–Kier alpha value is -1.56. The molecule has 0 aromatic carbocycles. The van der Waals surface area contributed by atoms with Gasteiger partial charge in [0.05, 0.1) is 5.56 Å². The summed E-state index contributed by atoms with van der Waals surface area (Å²) in [6, 6.07) is 6.53. The van der Waals surface area contributed by atoms with Crippen molar-refractivity contribution in [2.75, 3.05) is 11.4 Å². The topological polar surface area (TPSA) is 39.9 Å². The highest BCUT2D eigenvalue weighted by Crippen LogP contribution is 2.32. The van der Waals surface area contributed by atoms with Crippen LogP contribution in [0.5, 0.6) is 0 Å². The molecular formula is C14H19N3. The molecule has 0 unspecified atom stereocenters. The van der Waals surface area contributed by atoms with Crippen LogP contribution in [-0.2, 0) is 0 Å². The molecule has 0 aliphatic heterocycles. The van der Waals surface area contributed by atoms with Gasteiger partial charge in [0.2, 0.25) is 0 Å². The second kappa shape index (κ2) is 5.18. The summed E-state index contributed by atoms with van der Waals surface area (Å²) >= 11 is 0. The zero-order valence-electron chi connectivity index (χ0n) is 10.6. The first-order valence-corrected chi connectivity index (χ1v) is 6.34. The van der Waals surface area contributed by atoms with Crippen molar-refractivity contribution in [3.05, 3.63) is 23.9 Å². The van der Waals surface area contributed by atoms with E-state index in [1.165, 1.54) is 12.8 Å². The fraction of sp³-hybridized carbons (Fsp3) is 0.571. The number of nitrogens with zero attached hydrogens (tertiary/aromatic N) is 3. The molecule has 0 radical (unpaired) electrons. The van der Waals surface area contributed by atoms with E-state index < -0.39 is 0 Å². The lowest BCUT2D eigenvalue weighted by Gasteiger charge is -2.25. The fourth-order valence-electron chi connectivity index (χ4n) is 1.96. The highest BCUT2D eigenvalue weighted by Gasteiger charge is 2.30. The number of rotatable bonds is 5. The Morgan fingerprint density at radius 3 is 2.88 bits per heavy atom. The van der Waals surface area contributed by atoms with Gasteiger partial charge in [-0.1, -0.05) is 13.8 Å². The Kier molecular flexibility index (Phi) is 3.63. The average Bonchev–Trinajstić information content (AvgIpc) is 3.14. The minimum absolute atomic E-state index is 0.607. The number of pyridine rings is 1. The van der Waals surface area contributed by atoms with Gasteiger partial charge in [-0.25, -0.2) is 4.98 Å². The van der Waals surface area contributed by atoms with Crippen molar-refractivity contribution in [1.29, 1.82) is 5.26 Å². The van der Waals surface area contributed by atoms with Crippen molar-refractivity contribution in [3.63, 3.8) is 0 Å². The Morgan fingerprint density at radius 2 is 2.29 bits per heavy atom. The smallest absolute Gasteiger partial charge is 0.146 e. The number of nitriles is 1. The van der Waals surface area contributed by atoms with E-state index in [0.717, 1.165) is 18.8 Å². The van der Waals surface area contributed by atoms with Crippen LogP contribution in [0.4, 0.5) is 5.82 Å². The van der Waals surface area contributed by atoms with Gasteiger partial charge >= 0.3 is 0 Å². The van der Waals surface area contributed by atoms with Gasteiger partial charge in [-0.3, -0.25) is 0 Å². The minimum Gasteiger partial charge on any atom is -0.353 e. The molecule has 1 aromatic heterocycles. The van der Waals surface area contributed by atoms with Gasteiger partial charge in [0.15, 0.2) is 0 Å². The molecule has 3 heteroatoms. The van der Waals surface area contributed by atoms with E-state index in [4.69, 9.17) is 5.26 Å². The Labute approximate surface area is 103 Å². The first kappa shape index (κ1) is 11.9. The Morgan fingerprint density at radius 1 is 1.53 bits per heavy atom. The zero-order valence-corrected chi connectivity index (χ0v) is 10.6. The summed E-state index contributed by atoms with van der Waals surface area (Å²) in [5, 5.41) is 9.13. The van der Waals surface area contributed by atoms with Crippen LogP contribution in [-0.4, -0.2) is 17.6 Å². The normalized spacial score (nSPS) is 14.7. The molecule has 0 bridgehead atoms. The third-order valence-corrected chi connectivity index (χ3v) is 3.11. The number of aromatic nitrogens is 1. The molecular weight excluding hydrogens is 210 g/mol. The molecule has 1 saturated carbocycles. The predicted molar refractivity (Wildman–Crippen MR) is 68.8 cm³/mol. The summed E-state index contributed by atoms with van der Waals surface area (Å²) in [5.74, 6) is 1.56. The summed E-state index contributed by atoms with van der Waals surface area (Å²) < 4.78 is 0. The Bertz CT molecular complexity index is 416. The lowest BCUT2D eigenvalue weighted by atomic mass is 10.1. The number of anilines is 1. The lowest BCUT2D eigenvalue weighted by molar-refractivity contribution is 0.568. The molecule has 0 N–H and O–H groups in total. The molecule has 17 heavy (non-hydrogen) atoms. The molecule has 0 amide bonds. The van der Waals surface area contributed by atoms with Gasteiger partial charge in [-0.05, 0) is 37.3 Å². The van der Waals surface area contributed by atoms with Gasteiger partial charge in [-0.2, -0.15) is 5.26 Å². The molecule has 1 heterocycles. The van der Waals surface area contributed by atoms with Crippen molar-refractivity contribution in [3.8, 4) is 6.07 Å². The van der Waals surface area contributed by atoms with Crippen LogP contribution in [0.15, 0.2) is 18.3 Å². The molecule has 0 spiro atoms. The maximum absolute atomic E-state index is 9.13. The van der Waals surface area contributed by atoms with Crippen molar-refractivity contribution in [2.24, 2.45) is 5.92 Å². The first-order valence-electron chi connectivity index (χ1n) is 6.34. The quantitative estimate of drug-likeness (QED) is 0.779.